The summed E-state index contributed by atoms with van der Waals surface area (Å²) in [5, 5.41) is 2.48. The normalized spacial score (nSPS) is 17.1. The Bertz CT molecular complexity index is 1040. The number of halogens is 6. The third-order valence-electron chi connectivity index (χ3n) is 5.30. The summed E-state index contributed by atoms with van der Waals surface area (Å²) in [5.41, 5.74) is -0.0188. The van der Waals surface area contributed by atoms with Gasteiger partial charge in [-0.25, -0.2) is 18.2 Å². The quantitative estimate of drug-likeness (QED) is 0.548. The van der Waals surface area contributed by atoms with Crippen LogP contribution in [-0.2, 0) is 28.7 Å². The number of aromatic nitrogens is 2. The third-order valence-corrected chi connectivity index (χ3v) is 5.30. The molecule has 2 aromatic rings. The Morgan fingerprint density at radius 1 is 1.16 bits per heavy atom. The van der Waals surface area contributed by atoms with Crippen molar-refractivity contribution in [1.82, 2.24) is 19.8 Å². The van der Waals surface area contributed by atoms with Gasteiger partial charge in [-0.05, 0) is 25.0 Å². The highest BCUT2D eigenvalue weighted by molar-refractivity contribution is 5.79. The van der Waals surface area contributed by atoms with E-state index in [4.69, 9.17) is 0 Å². The van der Waals surface area contributed by atoms with Crippen molar-refractivity contribution in [3.63, 3.8) is 0 Å². The van der Waals surface area contributed by atoms with Gasteiger partial charge in [0.2, 0.25) is 17.6 Å². The highest BCUT2D eigenvalue weighted by atomic mass is 19.4. The molecular formula is C20H20F6N4O2. The zero-order valence-electron chi connectivity index (χ0n) is 17.1. The number of carbonyl (C=O) groups excluding carboxylic acids is 2. The van der Waals surface area contributed by atoms with Crippen LogP contribution in [0.15, 0.2) is 18.3 Å². The van der Waals surface area contributed by atoms with Crippen molar-refractivity contribution in [3.05, 3.63) is 52.9 Å². The number of amides is 2. The maximum atomic E-state index is 14.0. The number of carbonyl (C=O) groups is 2. The van der Waals surface area contributed by atoms with E-state index in [2.05, 4.69) is 10.3 Å². The van der Waals surface area contributed by atoms with E-state index in [-0.39, 0.29) is 37.2 Å². The molecule has 1 aliphatic heterocycles. The summed E-state index contributed by atoms with van der Waals surface area (Å²) in [6, 6.07) is -0.629. The van der Waals surface area contributed by atoms with Gasteiger partial charge in [0.1, 0.15) is 5.82 Å². The molecule has 2 amide bonds. The van der Waals surface area contributed by atoms with Gasteiger partial charge in [0.05, 0.1) is 17.9 Å². The molecule has 6 nitrogen and oxygen atoms in total. The Balaban J connectivity index is 1.78. The lowest BCUT2D eigenvalue weighted by Gasteiger charge is -2.36. The molecule has 1 aromatic heterocycles. The summed E-state index contributed by atoms with van der Waals surface area (Å²) in [6.45, 7) is 2.58. The second kappa shape index (κ2) is 8.83. The Hall–Kier alpha value is -3.05. The molecule has 0 unspecified atom stereocenters. The van der Waals surface area contributed by atoms with Crippen molar-refractivity contribution in [1.29, 1.82) is 0 Å². The van der Waals surface area contributed by atoms with Gasteiger partial charge in [0, 0.05) is 38.5 Å². The van der Waals surface area contributed by atoms with Crippen molar-refractivity contribution >= 4 is 11.8 Å². The van der Waals surface area contributed by atoms with Crippen molar-refractivity contribution in [2.24, 2.45) is 0 Å². The topological polar surface area (TPSA) is 67.2 Å². The number of nitrogens with one attached hydrogen (secondary N) is 1. The van der Waals surface area contributed by atoms with Gasteiger partial charge in [-0.1, -0.05) is 0 Å². The van der Waals surface area contributed by atoms with Crippen LogP contribution in [0.2, 0.25) is 0 Å². The fourth-order valence-electron chi connectivity index (χ4n) is 3.86. The van der Waals surface area contributed by atoms with E-state index >= 15 is 0 Å². The van der Waals surface area contributed by atoms with Crippen molar-refractivity contribution < 1.29 is 35.9 Å². The summed E-state index contributed by atoms with van der Waals surface area (Å²) in [6.07, 6.45) is -4.17. The Labute approximate surface area is 179 Å². The molecule has 2 atom stereocenters. The minimum absolute atomic E-state index is 0.0290. The Morgan fingerprint density at radius 2 is 1.81 bits per heavy atom. The van der Waals surface area contributed by atoms with Gasteiger partial charge in [-0.3, -0.25) is 9.59 Å². The van der Waals surface area contributed by atoms with Gasteiger partial charge in [-0.2, -0.15) is 13.2 Å². The maximum absolute atomic E-state index is 14.0. The molecule has 0 saturated heterocycles. The average Bonchev–Trinajstić information content (AvgIpc) is 3.11. The van der Waals surface area contributed by atoms with Gasteiger partial charge >= 0.3 is 6.18 Å². The number of rotatable bonds is 5. The Kier molecular flexibility index (Phi) is 6.51. The first-order valence-corrected chi connectivity index (χ1v) is 9.71. The largest absolute Gasteiger partial charge is 0.449 e. The molecule has 0 radical (unpaired) electrons. The third kappa shape index (κ3) is 4.89. The number of nitrogens with zero attached hydrogens (tertiary/aromatic N) is 3. The molecule has 0 spiro atoms. The lowest BCUT2D eigenvalue weighted by Crippen LogP contribution is -2.45. The highest BCUT2D eigenvalue weighted by Crippen LogP contribution is 2.34. The van der Waals surface area contributed by atoms with E-state index in [1.54, 1.807) is 6.92 Å². The fraction of sp³-hybridized carbons (Fsp3) is 0.450. The van der Waals surface area contributed by atoms with E-state index in [1.807, 2.05) is 0 Å². The summed E-state index contributed by atoms with van der Waals surface area (Å²) >= 11 is 0. The predicted octanol–water partition coefficient (Wildman–Crippen LogP) is 3.36. The van der Waals surface area contributed by atoms with Crippen LogP contribution >= 0.6 is 0 Å². The first-order chi connectivity index (χ1) is 14.9. The van der Waals surface area contributed by atoms with Crippen LogP contribution in [0.3, 0.4) is 0 Å². The SMILES string of the molecule is CC(=O)N[C@@H](CC(=O)N1CCn2c(cnc2C(F)(F)F)[C@H]1C)Cc1cc(F)c(F)cc1F. The summed E-state index contributed by atoms with van der Waals surface area (Å²) < 4.78 is 81.0. The molecule has 0 saturated carbocycles. The molecule has 1 N–H and O–H groups in total. The molecule has 1 aliphatic rings. The van der Waals surface area contributed by atoms with Gasteiger partial charge in [-0.15, -0.1) is 0 Å². The molecule has 1 aromatic carbocycles. The number of fused-ring (bicyclic) bond motifs is 1. The van der Waals surface area contributed by atoms with E-state index in [0.29, 0.717) is 12.1 Å². The van der Waals surface area contributed by atoms with Crippen LogP contribution in [-0.4, -0.2) is 38.9 Å². The van der Waals surface area contributed by atoms with E-state index in [1.165, 1.54) is 11.8 Å². The molecular weight excluding hydrogens is 442 g/mol. The summed E-state index contributed by atoms with van der Waals surface area (Å²) in [4.78, 5) is 29.2. The van der Waals surface area contributed by atoms with E-state index in [9.17, 15) is 35.9 Å². The fourth-order valence-corrected chi connectivity index (χ4v) is 3.86. The monoisotopic (exact) mass is 462 g/mol. The zero-order chi connectivity index (χ0) is 23.8. The van der Waals surface area contributed by atoms with Crippen LogP contribution in [0.5, 0.6) is 0 Å². The minimum atomic E-state index is -4.63. The van der Waals surface area contributed by atoms with Gasteiger partial charge in [0.15, 0.2) is 11.6 Å². The number of alkyl halides is 3. The van der Waals surface area contributed by atoms with Crippen LogP contribution in [0.1, 0.15) is 43.4 Å². The van der Waals surface area contributed by atoms with Crippen molar-refractivity contribution in [2.45, 2.75) is 51.5 Å². The molecule has 3 rings (SSSR count). The second-order valence-electron chi connectivity index (χ2n) is 7.58. The molecule has 0 bridgehead atoms. The van der Waals surface area contributed by atoms with Crippen LogP contribution in [0.25, 0.3) is 0 Å². The molecule has 174 valence electrons. The number of hydrogen-bond acceptors (Lipinski definition) is 3. The van der Waals surface area contributed by atoms with Crippen LogP contribution < -0.4 is 5.32 Å². The van der Waals surface area contributed by atoms with E-state index < -0.39 is 53.4 Å². The number of hydrogen-bond donors (Lipinski definition) is 1. The van der Waals surface area contributed by atoms with Crippen molar-refractivity contribution in [2.75, 3.05) is 6.54 Å². The van der Waals surface area contributed by atoms with Crippen LogP contribution in [0.4, 0.5) is 26.3 Å². The molecule has 12 heteroatoms. The standard InChI is InChI=1S/C20H20F6N4O2/c1-10-17-9-27-19(20(24,25)26)30(17)4-3-29(10)18(32)7-13(28-11(2)31)5-12-6-15(22)16(23)8-14(12)21/h6,8-10,13H,3-5,7H2,1-2H3,(H,28,31)/t10-,13-/m1/s1. The smallest absolute Gasteiger partial charge is 0.353 e. The van der Waals surface area contributed by atoms with Crippen molar-refractivity contribution in [3.8, 4) is 0 Å². The molecule has 0 fully saturated rings. The minimum Gasteiger partial charge on any atom is -0.353 e. The molecule has 0 aliphatic carbocycles. The predicted molar refractivity (Wildman–Crippen MR) is 99.6 cm³/mol. The number of imidazole rings is 1. The van der Waals surface area contributed by atoms with Gasteiger partial charge < -0.3 is 14.8 Å². The average molecular weight is 462 g/mol. The summed E-state index contributed by atoms with van der Waals surface area (Å²) in [7, 11) is 0. The van der Waals surface area contributed by atoms with Gasteiger partial charge in [0.25, 0.3) is 0 Å². The second-order valence-corrected chi connectivity index (χ2v) is 7.58. The lowest BCUT2D eigenvalue weighted by atomic mass is 10.0. The molecule has 2 heterocycles. The Morgan fingerprint density at radius 3 is 2.44 bits per heavy atom. The first-order valence-electron chi connectivity index (χ1n) is 9.71. The number of benzene rings is 1. The highest BCUT2D eigenvalue weighted by Gasteiger charge is 2.40. The maximum Gasteiger partial charge on any atom is 0.449 e. The molecule has 32 heavy (non-hydrogen) atoms. The zero-order valence-corrected chi connectivity index (χ0v) is 17.1. The summed E-state index contributed by atoms with van der Waals surface area (Å²) in [5.74, 6) is -5.73. The van der Waals surface area contributed by atoms with Crippen LogP contribution in [0, 0.1) is 17.5 Å². The lowest BCUT2D eigenvalue weighted by molar-refractivity contribution is -0.148. The van der Waals surface area contributed by atoms with E-state index in [0.717, 1.165) is 10.8 Å². The first kappa shape index (κ1) is 23.6.